The van der Waals surface area contributed by atoms with Gasteiger partial charge in [-0.1, -0.05) is 12.1 Å². The molecule has 1 aromatic rings. The lowest BCUT2D eigenvalue weighted by Gasteiger charge is -2.03. The number of aliphatic hydroxyl groups excluding tert-OH is 1. The molecule has 0 fully saturated rings. The first-order chi connectivity index (χ1) is 7.77. The standard InChI is InChI=1S/C12H16O3S/c1-15-12(14)11-5-3-10(4-6-11)9-16-8-2-7-13/h3-6,13H,2,7-9H2,1H3. The molecule has 0 aliphatic carbocycles. The van der Waals surface area contributed by atoms with Gasteiger partial charge in [-0.25, -0.2) is 4.79 Å². The zero-order valence-corrected chi connectivity index (χ0v) is 10.1. The van der Waals surface area contributed by atoms with Crippen LogP contribution in [0.1, 0.15) is 22.3 Å². The summed E-state index contributed by atoms with van der Waals surface area (Å²) in [6.07, 6.45) is 0.824. The quantitative estimate of drug-likeness (QED) is 0.611. The number of benzene rings is 1. The fourth-order valence-corrected chi connectivity index (χ4v) is 2.12. The topological polar surface area (TPSA) is 46.5 Å². The molecule has 3 nitrogen and oxygen atoms in total. The van der Waals surface area contributed by atoms with Gasteiger partial charge in [0.2, 0.25) is 0 Å². The van der Waals surface area contributed by atoms with E-state index in [0.29, 0.717) is 5.56 Å². The molecule has 0 heterocycles. The first-order valence-electron chi connectivity index (χ1n) is 5.13. The minimum absolute atomic E-state index is 0.244. The normalized spacial score (nSPS) is 10.1. The van der Waals surface area contributed by atoms with Crippen LogP contribution in [0.2, 0.25) is 0 Å². The Labute approximate surface area is 99.8 Å². The fraction of sp³-hybridized carbons (Fsp3) is 0.417. The Balaban J connectivity index is 2.42. The van der Waals surface area contributed by atoms with Crippen LogP contribution in [-0.4, -0.2) is 30.5 Å². The molecule has 1 N–H and O–H groups in total. The van der Waals surface area contributed by atoms with Crippen molar-refractivity contribution in [3.05, 3.63) is 35.4 Å². The summed E-state index contributed by atoms with van der Waals surface area (Å²) in [5.74, 6) is 1.55. The third-order valence-corrected chi connectivity index (χ3v) is 3.21. The van der Waals surface area contributed by atoms with Gasteiger partial charge in [0, 0.05) is 12.4 Å². The highest BCUT2D eigenvalue weighted by molar-refractivity contribution is 7.98. The summed E-state index contributed by atoms with van der Waals surface area (Å²) in [6, 6.07) is 7.40. The summed E-state index contributed by atoms with van der Waals surface area (Å²) < 4.78 is 4.62. The van der Waals surface area contributed by atoms with E-state index in [1.807, 2.05) is 12.1 Å². The number of methoxy groups -OCH3 is 1. The van der Waals surface area contributed by atoms with E-state index in [-0.39, 0.29) is 12.6 Å². The van der Waals surface area contributed by atoms with Gasteiger partial charge in [-0.15, -0.1) is 0 Å². The molecule has 0 unspecified atom stereocenters. The minimum Gasteiger partial charge on any atom is -0.465 e. The summed E-state index contributed by atoms with van der Waals surface area (Å²) >= 11 is 1.77. The van der Waals surface area contributed by atoms with Gasteiger partial charge < -0.3 is 9.84 Å². The van der Waals surface area contributed by atoms with Gasteiger partial charge in [0.05, 0.1) is 12.7 Å². The van der Waals surface area contributed by atoms with E-state index in [9.17, 15) is 4.79 Å². The van der Waals surface area contributed by atoms with Crippen molar-refractivity contribution >= 4 is 17.7 Å². The molecule has 1 rings (SSSR count). The molecule has 0 amide bonds. The second-order valence-corrected chi connectivity index (χ2v) is 4.42. The molecule has 0 radical (unpaired) electrons. The van der Waals surface area contributed by atoms with E-state index >= 15 is 0 Å². The highest BCUT2D eigenvalue weighted by Crippen LogP contribution is 2.14. The molecule has 0 aliphatic heterocycles. The number of carbonyl (C=O) groups is 1. The van der Waals surface area contributed by atoms with E-state index < -0.39 is 0 Å². The molecule has 4 heteroatoms. The van der Waals surface area contributed by atoms with Gasteiger partial charge in [0.25, 0.3) is 0 Å². The number of aliphatic hydroxyl groups is 1. The molecule has 16 heavy (non-hydrogen) atoms. The van der Waals surface area contributed by atoms with Crippen LogP contribution in [-0.2, 0) is 10.5 Å². The maximum Gasteiger partial charge on any atom is 0.337 e. The summed E-state index contributed by atoms with van der Waals surface area (Å²) in [5, 5.41) is 8.62. The van der Waals surface area contributed by atoms with Gasteiger partial charge >= 0.3 is 5.97 Å². The lowest BCUT2D eigenvalue weighted by Crippen LogP contribution is -2.00. The van der Waals surface area contributed by atoms with Crippen LogP contribution in [0.25, 0.3) is 0 Å². The highest BCUT2D eigenvalue weighted by atomic mass is 32.2. The molecule has 1 aromatic carbocycles. The third kappa shape index (κ3) is 4.24. The van der Waals surface area contributed by atoms with Gasteiger partial charge in [0.15, 0.2) is 0 Å². The lowest BCUT2D eigenvalue weighted by atomic mass is 10.1. The molecule has 0 atom stereocenters. The van der Waals surface area contributed by atoms with Crippen LogP contribution in [0.5, 0.6) is 0 Å². The SMILES string of the molecule is COC(=O)c1ccc(CSCCCO)cc1. The molecular formula is C12H16O3S. The number of thioether (sulfide) groups is 1. The Morgan fingerprint density at radius 1 is 1.38 bits per heavy atom. The van der Waals surface area contributed by atoms with Crippen LogP contribution >= 0.6 is 11.8 Å². The van der Waals surface area contributed by atoms with E-state index in [2.05, 4.69) is 4.74 Å². The van der Waals surface area contributed by atoms with Crippen LogP contribution in [0.3, 0.4) is 0 Å². The zero-order chi connectivity index (χ0) is 11.8. The Morgan fingerprint density at radius 2 is 2.06 bits per heavy atom. The van der Waals surface area contributed by atoms with Crippen LogP contribution < -0.4 is 0 Å². The fourth-order valence-electron chi connectivity index (χ4n) is 1.21. The van der Waals surface area contributed by atoms with Crippen LogP contribution in [0.4, 0.5) is 0 Å². The number of esters is 1. The molecule has 88 valence electrons. The van der Waals surface area contributed by atoms with Crippen LogP contribution in [0.15, 0.2) is 24.3 Å². The van der Waals surface area contributed by atoms with Crippen molar-refractivity contribution in [3.8, 4) is 0 Å². The maximum atomic E-state index is 11.2. The average molecular weight is 240 g/mol. The maximum absolute atomic E-state index is 11.2. The van der Waals surface area contributed by atoms with Gasteiger partial charge in [-0.05, 0) is 29.9 Å². The summed E-state index contributed by atoms with van der Waals surface area (Å²) in [4.78, 5) is 11.2. The van der Waals surface area contributed by atoms with Crippen molar-refractivity contribution in [2.24, 2.45) is 0 Å². The first-order valence-corrected chi connectivity index (χ1v) is 6.29. The largest absolute Gasteiger partial charge is 0.465 e. The molecular weight excluding hydrogens is 224 g/mol. The monoisotopic (exact) mass is 240 g/mol. The third-order valence-electron chi connectivity index (χ3n) is 2.09. The predicted octanol–water partition coefficient (Wildman–Crippen LogP) is 2.09. The van der Waals surface area contributed by atoms with E-state index in [0.717, 1.165) is 17.9 Å². The minimum atomic E-state index is -0.306. The van der Waals surface area contributed by atoms with Crippen molar-refractivity contribution in [1.29, 1.82) is 0 Å². The average Bonchev–Trinajstić information content (AvgIpc) is 2.34. The first kappa shape index (κ1) is 13.1. The second kappa shape index (κ2) is 7.30. The zero-order valence-electron chi connectivity index (χ0n) is 9.31. The van der Waals surface area contributed by atoms with Gasteiger partial charge in [-0.2, -0.15) is 11.8 Å². The molecule has 0 aliphatic rings. The summed E-state index contributed by atoms with van der Waals surface area (Å²) in [7, 11) is 1.38. The lowest BCUT2D eigenvalue weighted by molar-refractivity contribution is 0.0600. The van der Waals surface area contributed by atoms with Gasteiger partial charge in [-0.3, -0.25) is 0 Å². The number of rotatable bonds is 6. The van der Waals surface area contributed by atoms with E-state index in [1.54, 1.807) is 23.9 Å². The number of hydrogen-bond donors (Lipinski definition) is 1. The predicted molar refractivity (Wildman–Crippen MR) is 65.6 cm³/mol. The van der Waals surface area contributed by atoms with Crippen molar-refractivity contribution in [2.45, 2.75) is 12.2 Å². The number of carbonyl (C=O) groups excluding carboxylic acids is 1. The second-order valence-electron chi connectivity index (χ2n) is 3.32. The van der Waals surface area contributed by atoms with Crippen molar-refractivity contribution in [2.75, 3.05) is 19.5 Å². The Bertz CT molecular complexity index is 322. The molecule has 0 spiro atoms. The smallest absolute Gasteiger partial charge is 0.337 e. The summed E-state index contributed by atoms with van der Waals surface area (Å²) in [6.45, 7) is 0.244. The summed E-state index contributed by atoms with van der Waals surface area (Å²) in [5.41, 5.74) is 1.75. The van der Waals surface area contributed by atoms with Crippen LogP contribution in [0, 0.1) is 0 Å². The Morgan fingerprint density at radius 3 is 2.62 bits per heavy atom. The number of ether oxygens (including phenoxy) is 1. The Hall–Kier alpha value is -1.00. The van der Waals surface area contributed by atoms with E-state index in [1.165, 1.54) is 12.7 Å². The van der Waals surface area contributed by atoms with Crippen molar-refractivity contribution in [1.82, 2.24) is 0 Å². The van der Waals surface area contributed by atoms with Gasteiger partial charge in [0.1, 0.15) is 0 Å². The molecule has 0 saturated heterocycles. The highest BCUT2D eigenvalue weighted by Gasteiger charge is 2.03. The molecule has 0 saturated carbocycles. The Kier molecular flexibility index (Phi) is 5.96. The van der Waals surface area contributed by atoms with Crippen molar-refractivity contribution in [3.63, 3.8) is 0 Å². The molecule has 0 bridgehead atoms. The molecule has 0 aromatic heterocycles. The van der Waals surface area contributed by atoms with Crippen molar-refractivity contribution < 1.29 is 14.6 Å². The van der Waals surface area contributed by atoms with E-state index in [4.69, 9.17) is 5.11 Å². The number of hydrogen-bond acceptors (Lipinski definition) is 4.